The number of hydrogen-bond donors (Lipinski definition) is 2. The number of hydrogen-bond acceptors (Lipinski definition) is 6. The van der Waals surface area contributed by atoms with Crippen LogP contribution in [0.2, 0.25) is 0 Å². The lowest BCUT2D eigenvalue weighted by molar-refractivity contribution is -0.144. The van der Waals surface area contributed by atoms with Crippen LogP contribution in [0.1, 0.15) is 19.2 Å². The Morgan fingerprint density at radius 3 is 2.81 bits per heavy atom. The van der Waals surface area contributed by atoms with Crippen molar-refractivity contribution >= 4 is 29.3 Å². The third kappa shape index (κ3) is 3.43. The molecule has 0 bridgehead atoms. The lowest BCUT2D eigenvalue weighted by atomic mass is 10.00. The number of carboxylic acids is 1. The first-order valence-electron chi connectivity index (χ1n) is 4.83. The quantitative estimate of drug-likeness (QED) is 0.754. The molecule has 0 aliphatic carbocycles. The normalized spacial score (nSPS) is 14.7. The smallest absolute Gasteiger partial charge is 0.323 e. The van der Waals surface area contributed by atoms with Crippen molar-refractivity contribution in [2.24, 2.45) is 0 Å². The zero-order valence-corrected chi connectivity index (χ0v) is 11.1. The average molecular weight is 261 g/mol. The molecule has 16 heavy (non-hydrogen) atoms. The van der Waals surface area contributed by atoms with Crippen LogP contribution in [0.3, 0.4) is 0 Å². The maximum atomic E-state index is 11.0. The first kappa shape index (κ1) is 13.4. The van der Waals surface area contributed by atoms with Gasteiger partial charge in [-0.25, -0.2) is 4.98 Å². The second-order valence-electron chi connectivity index (χ2n) is 3.59. The average Bonchev–Trinajstić information content (AvgIpc) is 2.63. The van der Waals surface area contributed by atoms with Crippen molar-refractivity contribution in [1.82, 2.24) is 14.7 Å². The predicted octanol–water partition coefficient (Wildman–Crippen LogP) is 1.39. The van der Waals surface area contributed by atoms with E-state index in [0.717, 1.165) is 10.2 Å². The minimum Gasteiger partial charge on any atom is -0.480 e. The summed E-state index contributed by atoms with van der Waals surface area (Å²) in [5, 5.41) is 11.9. The highest BCUT2D eigenvalue weighted by Gasteiger charge is 2.30. The summed E-state index contributed by atoms with van der Waals surface area (Å²) in [6, 6.07) is 0. The molecule has 0 spiro atoms. The van der Waals surface area contributed by atoms with E-state index in [0.29, 0.717) is 12.2 Å². The monoisotopic (exact) mass is 261 g/mol. The topological polar surface area (TPSA) is 75.1 Å². The minimum atomic E-state index is -0.868. The Balaban J connectivity index is 2.43. The molecule has 0 radical (unpaired) electrons. The van der Waals surface area contributed by atoms with Crippen molar-refractivity contribution in [2.75, 3.05) is 12.8 Å². The first-order valence-corrected chi connectivity index (χ1v) is 6.59. The summed E-state index contributed by atoms with van der Waals surface area (Å²) in [4.78, 5) is 15.2. The highest BCUT2D eigenvalue weighted by atomic mass is 32.2. The Kier molecular flexibility index (Phi) is 4.69. The first-order chi connectivity index (χ1) is 7.48. The van der Waals surface area contributed by atoms with Crippen LogP contribution in [0.4, 0.5) is 0 Å². The van der Waals surface area contributed by atoms with Gasteiger partial charge >= 0.3 is 5.97 Å². The summed E-state index contributed by atoms with van der Waals surface area (Å²) in [5.74, 6) is 0.643. The zero-order chi connectivity index (χ0) is 12.2. The van der Waals surface area contributed by atoms with E-state index < -0.39 is 11.5 Å². The molecule has 2 N–H and O–H groups in total. The van der Waals surface area contributed by atoms with Crippen molar-refractivity contribution in [2.45, 2.75) is 30.1 Å². The molecule has 0 saturated carbocycles. The van der Waals surface area contributed by atoms with Crippen LogP contribution in [0.25, 0.3) is 0 Å². The number of aryl methyl sites for hydroxylation is 1. The predicted molar refractivity (Wildman–Crippen MR) is 65.1 cm³/mol. The van der Waals surface area contributed by atoms with E-state index in [9.17, 15) is 4.79 Å². The van der Waals surface area contributed by atoms with Crippen molar-refractivity contribution < 1.29 is 9.90 Å². The summed E-state index contributed by atoms with van der Waals surface area (Å²) in [6.07, 6.45) is 0.544. The number of aliphatic carboxylic acids is 1. The number of nitrogens with zero attached hydrogens (tertiary/aromatic N) is 2. The summed E-state index contributed by atoms with van der Waals surface area (Å²) < 4.78 is 4.95. The van der Waals surface area contributed by atoms with Crippen LogP contribution in [0, 0.1) is 6.92 Å². The molecule has 0 aromatic carbocycles. The van der Waals surface area contributed by atoms with Gasteiger partial charge in [-0.1, -0.05) is 11.8 Å². The van der Waals surface area contributed by atoms with Crippen molar-refractivity contribution in [1.29, 1.82) is 0 Å². The molecular weight excluding hydrogens is 246 g/mol. The fourth-order valence-corrected chi connectivity index (χ4v) is 2.90. The number of likely N-dealkylation sites (N-methyl/N-ethyl adjacent to an activating group) is 1. The van der Waals surface area contributed by atoms with Gasteiger partial charge in [0.2, 0.25) is 0 Å². The van der Waals surface area contributed by atoms with E-state index in [-0.39, 0.29) is 0 Å². The van der Waals surface area contributed by atoms with E-state index in [4.69, 9.17) is 5.11 Å². The fraction of sp³-hybridized carbons (Fsp3) is 0.667. The van der Waals surface area contributed by atoms with Crippen LogP contribution in [-0.4, -0.2) is 38.8 Å². The van der Waals surface area contributed by atoms with Crippen LogP contribution in [-0.2, 0) is 4.79 Å². The summed E-state index contributed by atoms with van der Waals surface area (Å²) >= 11 is 2.89. The molecule has 1 aromatic rings. The van der Waals surface area contributed by atoms with Gasteiger partial charge in [-0.05, 0) is 38.8 Å². The summed E-state index contributed by atoms with van der Waals surface area (Å²) in [5.41, 5.74) is -0.868. The molecule has 0 aliphatic heterocycles. The van der Waals surface area contributed by atoms with E-state index in [1.165, 1.54) is 11.5 Å². The van der Waals surface area contributed by atoms with Gasteiger partial charge in [0.15, 0.2) is 4.34 Å². The van der Waals surface area contributed by atoms with Gasteiger partial charge in [-0.15, -0.1) is 0 Å². The van der Waals surface area contributed by atoms with Gasteiger partial charge in [-0.2, -0.15) is 4.37 Å². The van der Waals surface area contributed by atoms with Crippen LogP contribution in [0.5, 0.6) is 0 Å². The second kappa shape index (κ2) is 5.60. The molecule has 0 fully saturated rings. The standard InChI is InChI=1S/C9H15N3O2S2/c1-6-11-8(16-12-6)15-5-4-9(2,10-3)7(13)14/h10H,4-5H2,1-3H3,(H,13,14). The molecule has 0 amide bonds. The Morgan fingerprint density at radius 1 is 1.69 bits per heavy atom. The Morgan fingerprint density at radius 2 is 2.38 bits per heavy atom. The number of rotatable bonds is 6. The number of thioether (sulfide) groups is 1. The maximum Gasteiger partial charge on any atom is 0.323 e. The molecule has 1 unspecified atom stereocenters. The fourth-order valence-electron chi connectivity index (χ4n) is 1.02. The highest BCUT2D eigenvalue weighted by molar-refractivity contribution is 8.00. The van der Waals surface area contributed by atoms with Gasteiger partial charge in [0.25, 0.3) is 0 Å². The molecule has 90 valence electrons. The van der Waals surface area contributed by atoms with Gasteiger partial charge in [0, 0.05) is 5.75 Å². The Labute approximate surface area is 103 Å². The zero-order valence-electron chi connectivity index (χ0n) is 9.48. The van der Waals surface area contributed by atoms with Crippen LogP contribution < -0.4 is 5.32 Å². The van der Waals surface area contributed by atoms with Crippen LogP contribution in [0.15, 0.2) is 4.34 Å². The van der Waals surface area contributed by atoms with E-state index in [1.807, 2.05) is 6.92 Å². The van der Waals surface area contributed by atoms with E-state index in [1.54, 1.807) is 25.7 Å². The van der Waals surface area contributed by atoms with E-state index >= 15 is 0 Å². The SMILES string of the molecule is CNC(C)(CCSc1nc(C)ns1)C(=O)O. The van der Waals surface area contributed by atoms with Gasteiger partial charge in [0.1, 0.15) is 11.4 Å². The highest BCUT2D eigenvalue weighted by Crippen LogP contribution is 2.23. The lowest BCUT2D eigenvalue weighted by Gasteiger charge is -2.23. The maximum absolute atomic E-state index is 11.0. The van der Waals surface area contributed by atoms with Gasteiger partial charge in [0.05, 0.1) is 0 Å². The van der Waals surface area contributed by atoms with E-state index in [2.05, 4.69) is 14.7 Å². The number of carboxylic acid groups (broad SMARTS) is 1. The molecule has 1 rings (SSSR count). The minimum absolute atomic E-state index is 0.544. The lowest BCUT2D eigenvalue weighted by Crippen LogP contribution is -2.47. The summed E-state index contributed by atoms with van der Waals surface area (Å²) in [6.45, 7) is 3.52. The molecule has 1 atom stereocenters. The van der Waals surface area contributed by atoms with Gasteiger partial charge < -0.3 is 10.4 Å². The Hall–Kier alpha value is -0.660. The van der Waals surface area contributed by atoms with Gasteiger partial charge in [-0.3, -0.25) is 4.79 Å². The third-order valence-electron chi connectivity index (χ3n) is 2.36. The number of carbonyl (C=O) groups is 1. The number of aromatic nitrogens is 2. The molecule has 1 aromatic heterocycles. The summed E-state index contributed by atoms with van der Waals surface area (Å²) in [7, 11) is 1.66. The molecule has 1 heterocycles. The van der Waals surface area contributed by atoms with Crippen LogP contribution >= 0.6 is 23.3 Å². The number of nitrogens with one attached hydrogen (secondary N) is 1. The van der Waals surface area contributed by atoms with Crippen molar-refractivity contribution in [3.8, 4) is 0 Å². The molecule has 0 aliphatic rings. The Bertz CT molecular complexity index is 369. The largest absolute Gasteiger partial charge is 0.480 e. The molecule has 5 nitrogen and oxygen atoms in total. The van der Waals surface area contributed by atoms with Crippen molar-refractivity contribution in [3.63, 3.8) is 0 Å². The molecular formula is C9H15N3O2S2. The van der Waals surface area contributed by atoms with Crippen molar-refractivity contribution in [3.05, 3.63) is 5.82 Å². The second-order valence-corrected chi connectivity index (χ2v) is 5.69. The molecule has 0 saturated heterocycles. The third-order valence-corrected chi connectivity index (χ3v) is 4.29. The molecule has 7 heteroatoms.